The van der Waals surface area contributed by atoms with Crippen molar-refractivity contribution in [2.24, 2.45) is 5.41 Å². The maximum absolute atomic E-state index is 12.5. The molecule has 1 aliphatic heterocycles. The average Bonchev–Trinajstić information content (AvgIpc) is 2.67. The van der Waals surface area contributed by atoms with Gasteiger partial charge in [-0.15, -0.1) is 0 Å². The van der Waals surface area contributed by atoms with Crippen LogP contribution in [0.15, 0.2) is 53.4 Å². The first-order valence-electron chi connectivity index (χ1n) is 9.80. The summed E-state index contributed by atoms with van der Waals surface area (Å²) in [4.78, 5) is 16.8. The van der Waals surface area contributed by atoms with Crippen molar-refractivity contribution in [3.63, 3.8) is 0 Å². The van der Waals surface area contributed by atoms with Gasteiger partial charge >= 0.3 is 0 Å². The molecular weight excluding hydrogens is 386 g/mol. The number of nitrogens with one attached hydrogen (secondary N) is 1. The van der Waals surface area contributed by atoms with Crippen LogP contribution >= 0.6 is 0 Å². The molecule has 156 valence electrons. The third-order valence-electron chi connectivity index (χ3n) is 5.02. The van der Waals surface area contributed by atoms with Gasteiger partial charge in [0.15, 0.2) is 0 Å². The fourth-order valence-corrected chi connectivity index (χ4v) is 4.37. The first kappa shape index (κ1) is 21.2. The molecule has 0 saturated carbocycles. The van der Waals surface area contributed by atoms with Gasteiger partial charge in [0.1, 0.15) is 0 Å². The average molecular weight is 416 g/mol. The van der Waals surface area contributed by atoms with E-state index in [1.807, 2.05) is 44.7 Å². The number of amides is 1. The van der Waals surface area contributed by atoms with Crippen LogP contribution in [0.5, 0.6) is 0 Å². The van der Waals surface area contributed by atoms with Crippen molar-refractivity contribution in [3.8, 4) is 0 Å². The molecule has 1 aliphatic rings. The second kappa shape index (κ2) is 8.06. The molecule has 29 heavy (non-hydrogen) atoms. The summed E-state index contributed by atoms with van der Waals surface area (Å²) < 4.78 is 27.7. The smallest absolute Gasteiger partial charge is 0.261 e. The molecule has 0 radical (unpaired) electrons. The van der Waals surface area contributed by atoms with Gasteiger partial charge in [-0.3, -0.25) is 9.52 Å². The molecule has 0 bridgehead atoms. The highest BCUT2D eigenvalue weighted by atomic mass is 32.2. The zero-order valence-electron chi connectivity index (χ0n) is 17.5. The van der Waals surface area contributed by atoms with E-state index in [0.717, 1.165) is 24.3 Å². The minimum atomic E-state index is -3.61. The van der Waals surface area contributed by atoms with Gasteiger partial charge in [-0.25, -0.2) is 8.42 Å². The summed E-state index contributed by atoms with van der Waals surface area (Å²) in [6.45, 7) is 10.7. The van der Waals surface area contributed by atoms with E-state index in [4.69, 9.17) is 0 Å². The Labute approximate surface area is 173 Å². The van der Waals surface area contributed by atoms with Gasteiger partial charge in [-0.05, 0) is 43.3 Å². The summed E-state index contributed by atoms with van der Waals surface area (Å²) in [6.07, 6.45) is 0. The van der Waals surface area contributed by atoms with Gasteiger partial charge in [0.2, 0.25) is 5.91 Å². The Morgan fingerprint density at radius 2 is 1.45 bits per heavy atom. The predicted octanol–water partition coefficient (Wildman–Crippen LogP) is 3.49. The number of piperazine rings is 1. The number of nitrogens with zero attached hydrogens (tertiary/aromatic N) is 2. The van der Waals surface area contributed by atoms with Crippen LogP contribution in [-0.2, 0) is 14.8 Å². The first-order chi connectivity index (χ1) is 13.6. The molecule has 0 aliphatic carbocycles. The van der Waals surface area contributed by atoms with Crippen LogP contribution in [0.2, 0.25) is 0 Å². The van der Waals surface area contributed by atoms with Crippen LogP contribution in [-0.4, -0.2) is 45.4 Å². The monoisotopic (exact) mass is 415 g/mol. The quantitative estimate of drug-likeness (QED) is 0.830. The van der Waals surface area contributed by atoms with E-state index in [9.17, 15) is 13.2 Å². The Kier molecular flexibility index (Phi) is 5.89. The lowest BCUT2D eigenvalue weighted by atomic mass is 9.94. The van der Waals surface area contributed by atoms with Gasteiger partial charge in [0.05, 0.1) is 4.90 Å². The standard InChI is InChI=1S/C22H29N3O3S/c1-17-5-11-20(12-6-17)29(27,28)23-18-7-9-19(10-8-18)24-13-15-25(16-14-24)21(26)22(2,3)4/h5-12,23H,13-16H2,1-4H3. The number of sulfonamides is 1. The Bertz CT molecular complexity index is 954. The minimum absolute atomic E-state index is 0.179. The third-order valence-corrected chi connectivity index (χ3v) is 6.42. The second-order valence-electron chi connectivity index (χ2n) is 8.49. The Balaban J connectivity index is 1.62. The predicted molar refractivity (Wildman–Crippen MR) is 117 cm³/mol. The van der Waals surface area contributed by atoms with Crippen molar-refractivity contribution >= 4 is 27.3 Å². The van der Waals surface area contributed by atoms with Gasteiger partial charge in [0, 0.05) is 43.0 Å². The molecule has 0 unspecified atom stereocenters. The highest BCUT2D eigenvalue weighted by molar-refractivity contribution is 7.92. The number of aryl methyl sites for hydroxylation is 1. The van der Waals surface area contributed by atoms with Crippen LogP contribution < -0.4 is 9.62 Å². The van der Waals surface area contributed by atoms with E-state index in [-0.39, 0.29) is 16.2 Å². The molecule has 2 aromatic carbocycles. The van der Waals surface area contributed by atoms with Gasteiger partial charge in [0.25, 0.3) is 10.0 Å². The van der Waals surface area contributed by atoms with Gasteiger partial charge in [-0.2, -0.15) is 0 Å². The summed E-state index contributed by atoms with van der Waals surface area (Å²) in [5, 5.41) is 0. The maximum Gasteiger partial charge on any atom is 0.261 e. The topological polar surface area (TPSA) is 69.7 Å². The highest BCUT2D eigenvalue weighted by Gasteiger charge is 2.29. The van der Waals surface area contributed by atoms with Crippen molar-refractivity contribution in [2.75, 3.05) is 35.8 Å². The lowest BCUT2D eigenvalue weighted by Crippen LogP contribution is -2.51. The van der Waals surface area contributed by atoms with Crippen molar-refractivity contribution in [3.05, 3.63) is 54.1 Å². The molecule has 3 rings (SSSR count). The molecule has 6 nitrogen and oxygen atoms in total. The van der Waals surface area contributed by atoms with E-state index in [1.54, 1.807) is 36.4 Å². The molecule has 2 aromatic rings. The lowest BCUT2D eigenvalue weighted by Gasteiger charge is -2.38. The SMILES string of the molecule is Cc1ccc(S(=O)(=O)Nc2ccc(N3CCN(C(=O)C(C)(C)C)CC3)cc2)cc1. The molecular formula is C22H29N3O3S. The Morgan fingerprint density at radius 3 is 1.97 bits per heavy atom. The number of carbonyl (C=O) groups excluding carboxylic acids is 1. The molecule has 1 saturated heterocycles. The maximum atomic E-state index is 12.5. The van der Waals surface area contributed by atoms with Crippen LogP contribution in [0.1, 0.15) is 26.3 Å². The number of anilines is 2. The van der Waals surface area contributed by atoms with Crippen LogP contribution in [0.25, 0.3) is 0 Å². The fourth-order valence-electron chi connectivity index (χ4n) is 3.31. The lowest BCUT2D eigenvalue weighted by molar-refractivity contribution is -0.139. The molecule has 0 spiro atoms. The second-order valence-corrected chi connectivity index (χ2v) is 10.2. The zero-order valence-corrected chi connectivity index (χ0v) is 18.3. The Hall–Kier alpha value is -2.54. The minimum Gasteiger partial charge on any atom is -0.368 e. The van der Waals surface area contributed by atoms with Crippen molar-refractivity contribution in [1.29, 1.82) is 0 Å². The van der Waals surface area contributed by atoms with Crippen LogP contribution in [0.4, 0.5) is 11.4 Å². The summed E-state index contributed by atoms with van der Waals surface area (Å²) >= 11 is 0. The number of benzene rings is 2. The van der Waals surface area contributed by atoms with Crippen LogP contribution in [0, 0.1) is 12.3 Å². The van der Waals surface area contributed by atoms with E-state index in [1.165, 1.54) is 0 Å². The van der Waals surface area contributed by atoms with Crippen molar-refractivity contribution in [2.45, 2.75) is 32.6 Å². The third kappa shape index (κ3) is 5.09. The van der Waals surface area contributed by atoms with Crippen molar-refractivity contribution < 1.29 is 13.2 Å². The van der Waals surface area contributed by atoms with Crippen LogP contribution in [0.3, 0.4) is 0 Å². The van der Waals surface area contributed by atoms with Gasteiger partial charge in [-0.1, -0.05) is 38.5 Å². The highest BCUT2D eigenvalue weighted by Crippen LogP contribution is 2.24. The van der Waals surface area contributed by atoms with E-state index >= 15 is 0 Å². The number of carbonyl (C=O) groups is 1. The molecule has 1 heterocycles. The van der Waals surface area contributed by atoms with E-state index in [2.05, 4.69) is 9.62 Å². The summed E-state index contributed by atoms with van der Waals surface area (Å²) in [5.41, 5.74) is 2.19. The molecule has 0 atom stereocenters. The normalized spacial score (nSPS) is 15.3. The molecule has 1 N–H and O–H groups in total. The van der Waals surface area contributed by atoms with E-state index in [0.29, 0.717) is 18.8 Å². The molecule has 0 aromatic heterocycles. The zero-order chi connectivity index (χ0) is 21.2. The molecule has 1 fully saturated rings. The largest absolute Gasteiger partial charge is 0.368 e. The number of hydrogen-bond donors (Lipinski definition) is 1. The fraction of sp³-hybridized carbons (Fsp3) is 0.409. The molecule has 1 amide bonds. The van der Waals surface area contributed by atoms with E-state index < -0.39 is 10.0 Å². The first-order valence-corrected chi connectivity index (χ1v) is 11.3. The Morgan fingerprint density at radius 1 is 0.897 bits per heavy atom. The number of rotatable bonds is 4. The number of hydrogen-bond acceptors (Lipinski definition) is 4. The van der Waals surface area contributed by atoms with Crippen molar-refractivity contribution in [1.82, 2.24) is 4.90 Å². The summed E-state index contributed by atoms with van der Waals surface area (Å²) in [5.74, 6) is 0.179. The summed E-state index contributed by atoms with van der Waals surface area (Å²) in [6, 6.07) is 14.1. The summed E-state index contributed by atoms with van der Waals surface area (Å²) in [7, 11) is -3.61. The van der Waals surface area contributed by atoms with Gasteiger partial charge < -0.3 is 9.80 Å². The molecule has 7 heteroatoms.